The Kier molecular flexibility index (Phi) is 4.25. The minimum absolute atomic E-state index is 0.702. The van der Waals surface area contributed by atoms with Crippen LogP contribution < -0.4 is 10.1 Å². The zero-order valence-corrected chi connectivity index (χ0v) is 9.52. The third-order valence-corrected chi connectivity index (χ3v) is 2.47. The average Bonchev–Trinajstić information content (AvgIpc) is 2.11. The lowest BCUT2D eigenvalue weighted by Crippen LogP contribution is -2.08. The topological polar surface area (TPSA) is 21.3 Å². The van der Waals surface area contributed by atoms with Gasteiger partial charge in [-0.15, -0.1) is 0 Å². The molecule has 13 heavy (non-hydrogen) atoms. The molecule has 0 spiro atoms. The highest BCUT2D eigenvalue weighted by molar-refractivity contribution is 9.10. The Morgan fingerprint density at radius 3 is 2.85 bits per heavy atom. The van der Waals surface area contributed by atoms with Gasteiger partial charge in [-0.25, -0.2) is 0 Å². The number of benzene rings is 1. The van der Waals surface area contributed by atoms with Crippen LogP contribution in [0.15, 0.2) is 22.7 Å². The summed E-state index contributed by atoms with van der Waals surface area (Å²) in [4.78, 5) is 0. The monoisotopic (exact) mass is 243 g/mol. The Balaban J connectivity index is 2.95. The maximum absolute atomic E-state index is 5.50. The van der Waals surface area contributed by atoms with E-state index in [1.54, 1.807) is 0 Å². The summed E-state index contributed by atoms with van der Waals surface area (Å²) in [5.74, 6) is 0.950. The summed E-state index contributed by atoms with van der Waals surface area (Å²) in [5, 5.41) is 3.11. The van der Waals surface area contributed by atoms with Crippen LogP contribution in [0.2, 0.25) is 0 Å². The summed E-state index contributed by atoms with van der Waals surface area (Å²) in [5.41, 5.74) is 1.17. The van der Waals surface area contributed by atoms with Crippen LogP contribution in [0.5, 0.6) is 5.75 Å². The Labute approximate surface area is 87.4 Å². The number of ether oxygens (including phenoxy) is 1. The molecule has 1 N–H and O–H groups in total. The van der Waals surface area contributed by atoms with Gasteiger partial charge in [0.05, 0.1) is 6.61 Å². The molecule has 0 aliphatic heterocycles. The van der Waals surface area contributed by atoms with Crippen molar-refractivity contribution < 1.29 is 4.74 Å². The van der Waals surface area contributed by atoms with Crippen LogP contribution in [0.1, 0.15) is 12.5 Å². The molecule has 2 nitrogen and oxygen atoms in total. The lowest BCUT2D eigenvalue weighted by Gasteiger charge is -2.11. The van der Waals surface area contributed by atoms with E-state index in [1.165, 1.54) is 5.56 Å². The van der Waals surface area contributed by atoms with E-state index in [0.717, 1.165) is 16.8 Å². The lowest BCUT2D eigenvalue weighted by molar-refractivity contribution is 0.335. The van der Waals surface area contributed by atoms with Gasteiger partial charge in [0.2, 0.25) is 0 Å². The van der Waals surface area contributed by atoms with Crippen molar-refractivity contribution in [2.75, 3.05) is 13.7 Å². The normalized spacial score (nSPS) is 10.1. The summed E-state index contributed by atoms with van der Waals surface area (Å²) in [6.07, 6.45) is 0. The van der Waals surface area contributed by atoms with E-state index in [0.29, 0.717) is 6.61 Å². The van der Waals surface area contributed by atoms with Crippen LogP contribution in [0, 0.1) is 0 Å². The first-order valence-electron chi connectivity index (χ1n) is 4.34. The molecule has 72 valence electrons. The smallest absolute Gasteiger partial charge is 0.124 e. The summed E-state index contributed by atoms with van der Waals surface area (Å²) >= 11 is 3.50. The summed E-state index contributed by atoms with van der Waals surface area (Å²) in [7, 11) is 1.93. The second-order valence-electron chi connectivity index (χ2n) is 2.68. The van der Waals surface area contributed by atoms with E-state index < -0.39 is 0 Å². The van der Waals surface area contributed by atoms with Gasteiger partial charge in [-0.05, 0) is 26.1 Å². The van der Waals surface area contributed by atoms with Crippen molar-refractivity contribution in [3.8, 4) is 5.75 Å². The molecule has 1 rings (SSSR count). The fourth-order valence-corrected chi connectivity index (χ4v) is 1.67. The van der Waals surface area contributed by atoms with Gasteiger partial charge in [0.25, 0.3) is 0 Å². The fraction of sp³-hybridized carbons (Fsp3) is 0.400. The molecular weight excluding hydrogens is 230 g/mol. The Hall–Kier alpha value is -0.540. The van der Waals surface area contributed by atoms with E-state index in [-0.39, 0.29) is 0 Å². The number of rotatable bonds is 4. The van der Waals surface area contributed by atoms with Gasteiger partial charge in [-0.1, -0.05) is 22.0 Å². The average molecular weight is 244 g/mol. The van der Waals surface area contributed by atoms with Crippen LogP contribution in [0.25, 0.3) is 0 Å². The molecule has 1 aromatic carbocycles. The van der Waals surface area contributed by atoms with Gasteiger partial charge in [0.1, 0.15) is 5.75 Å². The first-order chi connectivity index (χ1) is 6.29. The van der Waals surface area contributed by atoms with Crippen LogP contribution in [-0.4, -0.2) is 13.7 Å². The molecule has 3 heteroatoms. The maximum Gasteiger partial charge on any atom is 0.124 e. The highest BCUT2D eigenvalue weighted by Gasteiger charge is 2.05. The summed E-state index contributed by atoms with van der Waals surface area (Å²) in [6, 6.07) is 5.99. The standard InChI is InChI=1S/C10H14BrNO/c1-3-13-10-6-4-5-9(11)8(10)7-12-2/h4-6,12H,3,7H2,1-2H3. The largest absolute Gasteiger partial charge is 0.494 e. The molecule has 0 saturated heterocycles. The minimum atomic E-state index is 0.702. The van der Waals surface area contributed by atoms with Crippen LogP contribution in [0.4, 0.5) is 0 Å². The van der Waals surface area contributed by atoms with Gasteiger partial charge >= 0.3 is 0 Å². The van der Waals surface area contributed by atoms with Crippen molar-refractivity contribution in [1.82, 2.24) is 5.32 Å². The molecule has 0 unspecified atom stereocenters. The quantitative estimate of drug-likeness (QED) is 0.878. The molecule has 0 aliphatic rings. The lowest BCUT2D eigenvalue weighted by atomic mass is 10.2. The zero-order valence-electron chi connectivity index (χ0n) is 7.93. The van der Waals surface area contributed by atoms with Gasteiger partial charge in [-0.3, -0.25) is 0 Å². The molecule has 0 aromatic heterocycles. The molecule has 0 heterocycles. The summed E-state index contributed by atoms with van der Waals surface area (Å²) < 4.78 is 6.59. The maximum atomic E-state index is 5.50. The van der Waals surface area contributed by atoms with E-state index in [2.05, 4.69) is 21.2 Å². The van der Waals surface area contributed by atoms with Crippen LogP contribution in [0.3, 0.4) is 0 Å². The molecule has 0 radical (unpaired) electrons. The van der Waals surface area contributed by atoms with Crippen molar-refractivity contribution >= 4 is 15.9 Å². The van der Waals surface area contributed by atoms with E-state index in [1.807, 2.05) is 32.2 Å². The number of hydrogen-bond acceptors (Lipinski definition) is 2. The van der Waals surface area contributed by atoms with Gasteiger partial charge in [0, 0.05) is 16.6 Å². The Bertz CT molecular complexity index is 276. The first kappa shape index (κ1) is 10.5. The SMILES string of the molecule is CCOc1cccc(Br)c1CNC. The van der Waals surface area contributed by atoms with Crippen molar-refractivity contribution in [3.05, 3.63) is 28.2 Å². The molecule has 0 atom stereocenters. The molecule has 0 fully saturated rings. The first-order valence-corrected chi connectivity index (χ1v) is 5.13. The predicted molar refractivity (Wildman–Crippen MR) is 58.1 cm³/mol. The predicted octanol–water partition coefficient (Wildman–Crippen LogP) is 2.57. The molecule has 0 amide bonds. The van der Waals surface area contributed by atoms with Crippen molar-refractivity contribution in [1.29, 1.82) is 0 Å². The third kappa shape index (κ3) is 2.71. The minimum Gasteiger partial charge on any atom is -0.494 e. The third-order valence-electron chi connectivity index (χ3n) is 1.73. The highest BCUT2D eigenvalue weighted by atomic mass is 79.9. The van der Waals surface area contributed by atoms with Crippen molar-refractivity contribution in [2.45, 2.75) is 13.5 Å². The second-order valence-corrected chi connectivity index (χ2v) is 3.53. The van der Waals surface area contributed by atoms with Crippen molar-refractivity contribution in [3.63, 3.8) is 0 Å². The Morgan fingerprint density at radius 1 is 1.46 bits per heavy atom. The molecular formula is C10H14BrNO. The van der Waals surface area contributed by atoms with E-state index in [9.17, 15) is 0 Å². The Morgan fingerprint density at radius 2 is 2.23 bits per heavy atom. The molecule has 1 aromatic rings. The molecule has 0 aliphatic carbocycles. The number of nitrogens with one attached hydrogen (secondary N) is 1. The van der Waals surface area contributed by atoms with Gasteiger partial charge in [-0.2, -0.15) is 0 Å². The van der Waals surface area contributed by atoms with Crippen LogP contribution in [-0.2, 0) is 6.54 Å². The van der Waals surface area contributed by atoms with Crippen molar-refractivity contribution in [2.24, 2.45) is 0 Å². The summed E-state index contributed by atoms with van der Waals surface area (Å²) in [6.45, 7) is 3.51. The second kappa shape index (κ2) is 5.25. The number of halogens is 1. The van der Waals surface area contributed by atoms with E-state index >= 15 is 0 Å². The zero-order chi connectivity index (χ0) is 9.68. The van der Waals surface area contributed by atoms with Gasteiger partial charge in [0.15, 0.2) is 0 Å². The molecule has 0 saturated carbocycles. The number of hydrogen-bond donors (Lipinski definition) is 1. The molecule has 0 bridgehead atoms. The fourth-order valence-electron chi connectivity index (χ4n) is 1.18. The van der Waals surface area contributed by atoms with E-state index in [4.69, 9.17) is 4.74 Å². The highest BCUT2D eigenvalue weighted by Crippen LogP contribution is 2.26. The van der Waals surface area contributed by atoms with Crippen LogP contribution >= 0.6 is 15.9 Å². The van der Waals surface area contributed by atoms with Gasteiger partial charge < -0.3 is 10.1 Å².